The van der Waals surface area contributed by atoms with Gasteiger partial charge in [-0.05, 0) is 11.4 Å². The minimum Gasteiger partial charge on any atom is -0.479 e. The van der Waals surface area contributed by atoms with E-state index in [0.29, 0.717) is 0 Å². The number of ketones is 1. The van der Waals surface area contributed by atoms with Crippen LogP contribution < -0.4 is 4.74 Å². The van der Waals surface area contributed by atoms with Crippen LogP contribution in [0.1, 0.15) is 9.67 Å². The Hall–Kier alpha value is -1.96. The first-order chi connectivity index (χ1) is 9.43. The van der Waals surface area contributed by atoms with Gasteiger partial charge in [-0.25, -0.2) is 13.2 Å². The van der Waals surface area contributed by atoms with E-state index in [-0.39, 0.29) is 4.88 Å². The van der Waals surface area contributed by atoms with Crippen molar-refractivity contribution in [3.8, 4) is 5.75 Å². The fraction of sp³-hybridized carbons (Fsp3) is 0.0833. The minimum absolute atomic E-state index is 0.244. The highest BCUT2D eigenvalue weighted by atomic mass is 32.1. The number of carbonyl (C=O) groups is 1. The lowest BCUT2D eigenvalue weighted by atomic mass is 10.2. The summed E-state index contributed by atoms with van der Waals surface area (Å²) in [4.78, 5) is 11.8. The number of rotatable bonds is 4. The molecular formula is C12H5F5O2S. The average molecular weight is 308 g/mol. The Morgan fingerprint density at radius 2 is 1.55 bits per heavy atom. The first-order valence-electron chi connectivity index (χ1n) is 5.14. The molecule has 1 aromatic carbocycles. The maximum atomic E-state index is 13.2. The van der Waals surface area contributed by atoms with Crippen molar-refractivity contribution in [1.82, 2.24) is 0 Å². The van der Waals surface area contributed by atoms with Crippen molar-refractivity contribution < 1.29 is 31.5 Å². The van der Waals surface area contributed by atoms with Crippen LogP contribution in [0.15, 0.2) is 17.5 Å². The quantitative estimate of drug-likeness (QED) is 0.372. The van der Waals surface area contributed by atoms with Crippen LogP contribution in [0.3, 0.4) is 0 Å². The van der Waals surface area contributed by atoms with Crippen molar-refractivity contribution in [3.05, 3.63) is 51.5 Å². The second kappa shape index (κ2) is 5.58. The molecule has 0 saturated carbocycles. The number of benzene rings is 1. The third-order valence-electron chi connectivity index (χ3n) is 2.31. The van der Waals surface area contributed by atoms with E-state index in [1.54, 1.807) is 11.4 Å². The molecule has 1 aromatic heterocycles. The molecule has 0 radical (unpaired) electrons. The molecule has 2 nitrogen and oxygen atoms in total. The van der Waals surface area contributed by atoms with Crippen LogP contribution in [0.4, 0.5) is 22.0 Å². The van der Waals surface area contributed by atoms with Gasteiger partial charge in [0.1, 0.15) is 0 Å². The Morgan fingerprint density at radius 3 is 2.05 bits per heavy atom. The summed E-state index contributed by atoms with van der Waals surface area (Å²) in [6, 6.07) is 3.01. The van der Waals surface area contributed by atoms with Crippen molar-refractivity contribution in [3.63, 3.8) is 0 Å². The molecule has 0 N–H and O–H groups in total. The van der Waals surface area contributed by atoms with E-state index < -0.39 is 47.2 Å². The monoisotopic (exact) mass is 308 g/mol. The highest BCUT2D eigenvalue weighted by molar-refractivity contribution is 7.12. The zero-order valence-electron chi connectivity index (χ0n) is 9.55. The van der Waals surface area contributed by atoms with Gasteiger partial charge in [-0.3, -0.25) is 4.79 Å². The van der Waals surface area contributed by atoms with Gasteiger partial charge in [0, 0.05) is 0 Å². The lowest BCUT2D eigenvalue weighted by Gasteiger charge is -2.09. The van der Waals surface area contributed by atoms with Gasteiger partial charge >= 0.3 is 0 Å². The maximum absolute atomic E-state index is 13.2. The fourth-order valence-corrected chi connectivity index (χ4v) is 2.01. The van der Waals surface area contributed by atoms with Gasteiger partial charge in [-0.1, -0.05) is 6.07 Å². The summed E-state index contributed by atoms with van der Waals surface area (Å²) in [5, 5.41) is 1.59. The number of ether oxygens (including phenoxy) is 1. The summed E-state index contributed by atoms with van der Waals surface area (Å²) in [5.74, 6) is -12.8. The molecule has 2 aromatic rings. The standard InChI is InChI=1S/C12H5F5O2S/c13-7-8(14)10(16)12(11(17)9(7)15)19-4-5(18)6-2-1-3-20-6/h1-3H,4H2. The van der Waals surface area contributed by atoms with E-state index in [2.05, 4.69) is 4.74 Å². The van der Waals surface area contributed by atoms with Gasteiger partial charge in [-0.15, -0.1) is 11.3 Å². The maximum Gasteiger partial charge on any atom is 0.210 e. The Kier molecular flexibility index (Phi) is 4.03. The second-order valence-corrected chi connectivity index (χ2v) is 4.54. The van der Waals surface area contributed by atoms with Crippen LogP contribution in [0.25, 0.3) is 0 Å². The SMILES string of the molecule is O=C(COc1c(F)c(F)c(F)c(F)c1F)c1cccs1. The van der Waals surface area contributed by atoms with Crippen LogP contribution in [0.5, 0.6) is 5.75 Å². The van der Waals surface area contributed by atoms with Crippen LogP contribution in [-0.2, 0) is 0 Å². The highest BCUT2D eigenvalue weighted by Crippen LogP contribution is 2.29. The molecule has 0 fully saturated rings. The summed E-state index contributed by atoms with van der Waals surface area (Å²) >= 11 is 1.06. The second-order valence-electron chi connectivity index (χ2n) is 3.59. The Bertz CT molecular complexity index is 625. The van der Waals surface area contributed by atoms with Crippen molar-refractivity contribution >= 4 is 17.1 Å². The highest BCUT2D eigenvalue weighted by Gasteiger charge is 2.27. The van der Waals surface area contributed by atoms with Crippen molar-refractivity contribution in [1.29, 1.82) is 0 Å². The van der Waals surface area contributed by atoms with E-state index in [1.807, 2.05) is 0 Å². The largest absolute Gasteiger partial charge is 0.479 e. The Labute approximate surface area is 113 Å². The topological polar surface area (TPSA) is 26.3 Å². The molecule has 2 rings (SSSR count). The minimum atomic E-state index is -2.28. The lowest BCUT2D eigenvalue weighted by Crippen LogP contribution is -2.14. The molecule has 106 valence electrons. The number of thiophene rings is 1. The van der Waals surface area contributed by atoms with E-state index in [4.69, 9.17) is 0 Å². The van der Waals surface area contributed by atoms with Crippen LogP contribution in [0, 0.1) is 29.1 Å². The first-order valence-corrected chi connectivity index (χ1v) is 6.02. The third-order valence-corrected chi connectivity index (χ3v) is 3.22. The average Bonchev–Trinajstić information content (AvgIpc) is 2.97. The molecule has 0 aliphatic heterocycles. The summed E-state index contributed by atoms with van der Waals surface area (Å²) < 4.78 is 69.4. The van der Waals surface area contributed by atoms with E-state index in [0.717, 1.165) is 11.3 Å². The molecule has 0 aliphatic carbocycles. The zero-order chi connectivity index (χ0) is 14.9. The van der Waals surface area contributed by atoms with Crippen LogP contribution >= 0.6 is 11.3 Å². The number of halogens is 5. The van der Waals surface area contributed by atoms with Gasteiger partial charge in [0.2, 0.25) is 34.9 Å². The van der Waals surface area contributed by atoms with E-state index in [1.165, 1.54) is 6.07 Å². The Balaban J connectivity index is 2.24. The molecule has 0 atom stereocenters. The predicted octanol–water partition coefficient (Wildman–Crippen LogP) is 3.71. The van der Waals surface area contributed by atoms with Crippen molar-refractivity contribution in [2.24, 2.45) is 0 Å². The molecule has 1 heterocycles. The van der Waals surface area contributed by atoms with E-state index >= 15 is 0 Å². The summed E-state index contributed by atoms with van der Waals surface area (Å²) in [6.07, 6.45) is 0. The number of Topliss-reactive ketones (excluding diaryl/α,β-unsaturated/α-hetero) is 1. The lowest BCUT2D eigenvalue weighted by molar-refractivity contribution is 0.0917. The molecule has 8 heteroatoms. The van der Waals surface area contributed by atoms with E-state index in [9.17, 15) is 26.7 Å². The molecular weight excluding hydrogens is 303 g/mol. The van der Waals surface area contributed by atoms with Gasteiger partial charge < -0.3 is 4.74 Å². The van der Waals surface area contributed by atoms with Crippen LogP contribution in [-0.4, -0.2) is 12.4 Å². The molecule has 0 spiro atoms. The normalized spacial score (nSPS) is 10.7. The summed E-state index contributed by atoms with van der Waals surface area (Å²) in [6.45, 7) is -0.834. The van der Waals surface area contributed by atoms with Gasteiger partial charge in [0.15, 0.2) is 12.4 Å². The Morgan fingerprint density at radius 1 is 1.00 bits per heavy atom. The molecule has 0 amide bonds. The van der Waals surface area contributed by atoms with Gasteiger partial charge in [-0.2, -0.15) is 8.78 Å². The summed E-state index contributed by atoms with van der Waals surface area (Å²) in [7, 11) is 0. The number of hydrogen-bond donors (Lipinski definition) is 0. The molecule has 0 unspecified atom stereocenters. The zero-order valence-corrected chi connectivity index (χ0v) is 10.4. The smallest absolute Gasteiger partial charge is 0.210 e. The summed E-state index contributed by atoms with van der Waals surface area (Å²) in [5.41, 5.74) is 0. The third kappa shape index (κ3) is 2.51. The fourth-order valence-electron chi connectivity index (χ4n) is 1.36. The molecule has 0 saturated heterocycles. The molecule has 0 bridgehead atoms. The van der Waals surface area contributed by atoms with Gasteiger partial charge in [0.05, 0.1) is 4.88 Å². The van der Waals surface area contributed by atoms with Crippen molar-refractivity contribution in [2.45, 2.75) is 0 Å². The van der Waals surface area contributed by atoms with Gasteiger partial charge in [0.25, 0.3) is 0 Å². The van der Waals surface area contributed by atoms with Crippen molar-refractivity contribution in [2.75, 3.05) is 6.61 Å². The molecule has 0 aliphatic rings. The predicted molar refractivity (Wildman–Crippen MR) is 60.4 cm³/mol. The number of carbonyl (C=O) groups excluding carboxylic acids is 1. The van der Waals surface area contributed by atoms with Crippen LogP contribution in [0.2, 0.25) is 0 Å². The molecule has 20 heavy (non-hydrogen) atoms. The first kappa shape index (κ1) is 14.4. The number of hydrogen-bond acceptors (Lipinski definition) is 3.